The van der Waals surface area contributed by atoms with Crippen LogP contribution in [0.3, 0.4) is 0 Å². The Kier molecular flexibility index (Phi) is 5.89. The van der Waals surface area contributed by atoms with Crippen molar-refractivity contribution in [2.75, 3.05) is 6.54 Å². The normalized spacial score (nSPS) is 15.1. The first-order valence-corrected chi connectivity index (χ1v) is 9.25. The van der Waals surface area contributed by atoms with Crippen LogP contribution in [0.25, 0.3) is 6.08 Å². The fraction of sp³-hybridized carbons (Fsp3) is 0.278. The molecule has 1 aliphatic rings. The zero-order valence-corrected chi connectivity index (χ0v) is 16.4. The molecule has 0 radical (unpaired) electrons. The molecule has 0 aromatic carbocycles. The molecule has 2 aromatic rings. The lowest BCUT2D eigenvalue weighted by Gasteiger charge is -2.18. The van der Waals surface area contributed by atoms with Gasteiger partial charge in [-0.25, -0.2) is 0 Å². The quantitative estimate of drug-likeness (QED) is 0.665. The highest BCUT2D eigenvalue weighted by molar-refractivity contribution is 6.57. The number of amides is 1. The Hall–Kier alpha value is -1.83. The number of aromatic nitrogens is 2. The van der Waals surface area contributed by atoms with Crippen molar-refractivity contribution in [1.29, 1.82) is 0 Å². The van der Waals surface area contributed by atoms with Gasteiger partial charge in [0.15, 0.2) is 0 Å². The lowest BCUT2D eigenvalue weighted by Crippen LogP contribution is -2.34. The molecule has 28 heavy (non-hydrogen) atoms. The van der Waals surface area contributed by atoms with E-state index in [1.54, 1.807) is 6.07 Å². The first-order valence-electron chi connectivity index (χ1n) is 8.11. The van der Waals surface area contributed by atoms with Gasteiger partial charge >= 0.3 is 6.18 Å². The summed E-state index contributed by atoms with van der Waals surface area (Å²) in [7, 11) is 0. The second kappa shape index (κ2) is 7.89. The molecular weight excluding hydrogens is 438 g/mol. The average Bonchev–Trinajstić information content (AvgIpc) is 3.39. The smallest absolute Gasteiger partial charge is 0.350 e. The van der Waals surface area contributed by atoms with Crippen LogP contribution in [0.4, 0.5) is 13.2 Å². The minimum Gasteiger partial charge on any atom is -0.350 e. The Bertz CT molecular complexity index is 939. The molecule has 1 amide bonds. The summed E-state index contributed by atoms with van der Waals surface area (Å²) in [5.74, 6) is -0.899. The Morgan fingerprint density at radius 3 is 2.57 bits per heavy atom. The summed E-state index contributed by atoms with van der Waals surface area (Å²) < 4.78 is 39.3. The molecule has 2 aromatic heterocycles. The third-order valence-corrected chi connectivity index (χ3v) is 4.92. The molecule has 3 rings (SSSR count). The van der Waals surface area contributed by atoms with Gasteiger partial charge in [0.1, 0.15) is 10.2 Å². The fourth-order valence-corrected chi connectivity index (χ4v) is 3.47. The number of alkyl halides is 3. The van der Waals surface area contributed by atoms with E-state index >= 15 is 0 Å². The van der Waals surface area contributed by atoms with E-state index in [-0.39, 0.29) is 11.0 Å². The molecule has 1 saturated carbocycles. The largest absolute Gasteiger partial charge is 0.418 e. The minimum atomic E-state index is -4.67. The lowest BCUT2D eigenvalue weighted by molar-refractivity contribution is -0.138. The number of carbonyl (C=O) groups is 1. The molecule has 10 heteroatoms. The van der Waals surface area contributed by atoms with Gasteiger partial charge in [0.2, 0.25) is 0 Å². The summed E-state index contributed by atoms with van der Waals surface area (Å²) >= 11 is 17.5. The lowest BCUT2D eigenvalue weighted by atomic mass is 10.0. The van der Waals surface area contributed by atoms with Gasteiger partial charge in [-0.2, -0.15) is 13.2 Å². The molecule has 1 N–H and O–H groups in total. The molecule has 0 saturated heterocycles. The number of hydrogen-bond acceptors (Lipinski definition) is 3. The summed E-state index contributed by atoms with van der Waals surface area (Å²) in [6.07, 6.45) is 0.876. The van der Waals surface area contributed by atoms with E-state index in [0.717, 1.165) is 18.3 Å². The predicted molar refractivity (Wildman–Crippen MR) is 101 cm³/mol. The van der Waals surface area contributed by atoms with Crippen LogP contribution in [0.5, 0.6) is 0 Å². The van der Waals surface area contributed by atoms with E-state index in [0.29, 0.717) is 29.1 Å². The molecular formula is C18H13Cl3F3N3O. The van der Waals surface area contributed by atoms with Crippen LogP contribution in [0.15, 0.2) is 35.1 Å². The summed E-state index contributed by atoms with van der Waals surface area (Å²) in [5, 5.41) is 2.90. The Labute approximate surface area is 173 Å². The van der Waals surface area contributed by atoms with Gasteiger partial charge in [0.25, 0.3) is 5.91 Å². The fourth-order valence-electron chi connectivity index (χ4n) is 2.84. The van der Waals surface area contributed by atoms with Crippen molar-refractivity contribution in [3.63, 3.8) is 0 Å². The standard InChI is InChI=1S/C18H13Cl3F3N3O/c19-12-6-10(7-13(20)21)8-26-15(12)17(3-4-17)9-27-16(28)14-11(18(22,23)24)2-1-5-25-14/h1-2,5-8H,3-4,9H2,(H,27,28). The van der Waals surface area contributed by atoms with Crippen molar-refractivity contribution in [3.05, 3.63) is 62.6 Å². The zero-order chi connectivity index (χ0) is 20.5. The van der Waals surface area contributed by atoms with E-state index in [1.165, 1.54) is 12.3 Å². The molecule has 4 nitrogen and oxygen atoms in total. The van der Waals surface area contributed by atoms with Gasteiger partial charge in [0, 0.05) is 24.4 Å². The van der Waals surface area contributed by atoms with Gasteiger partial charge in [-0.1, -0.05) is 34.8 Å². The van der Waals surface area contributed by atoms with Crippen molar-refractivity contribution < 1.29 is 18.0 Å². The van der Waals surface area contributed by atoms with Crippen LogP contribution in [0, 0.1) is 0 Å². The highest BCUT2D eigenvalue weighted by Crippen LogP contribution is 2.49. The maximum absolute atomic E-state index is 13.1. The van der Waals surface area contributed by atoms with Crippen molar-refractivity contribution in [3.8, 4) is 0 Å². The highest BCUT2D eigenvalue weighted by atomic mass is 35.5. The van der Waals surface area contributed by atoms with E-state index in [4.69, 9.17) is 34.8 Å². The Morgan fingerprint density at radius 2 is 2.00 bits per heavy atom. The summed E-state index contributed by atoms with van der Waals surface area (Å²) in [4.78, 5) is 20.2. The average molecular weight is 451 g/mol. The van der Waals surface area contributed by atoms with Crippen LogP contribution in [0.2, 0.25) is 5.02 Å². The molecule has 0 spiro atoms. The molecule has 148 valence electrons. The number of halogens is 6. The van der Waals surface area contributed by atoms with Gasteiger partial charge < -0.3 is 5.32 Å². The SMILES string of the molecule is O=C(NCC1(c2ncc(C=C(Cl)Cl)cc2Cl)CC1)c1ncccc1C(F)(F)F. The molecule has 1 aliphatic carbocycles. The third kappa shape index (κ3) is 4.59. The first-order chi connectivity index (χ1) is 13.1. The molecule has 0 unspecified atom stereocenters. The van der Waals surface area contributed by atoms with Crippen molar-refractivity contribution in [2.24, 2.45) is 0 Å². The molecule has 0 aliphatic heterocycles. The number of nitrogens with one attached hydrogen (secondary N) is 1. The van der Waals surface area contributed by atoms with Crippen molar-refractivity contribution >= 4 is 46.8 Å². The predicted octanol–water partition coefficient (Wildman–Crippen LogP) is 5.39. The number of rotatable bonds is 5. The maximum atomic E-state index is 13.1. The van der Waals surface area contributed by atoms with Crippen LogP contribution >= 0.6 is 34.8 Å². The third-order valence-electron chi connectivity index (χ3n) is 4.41. The van der Waals surface area contributed by atoms with Gasteiger partial charge in [-0.3, -0.25) is 14.8 Å². The maximum Gasteiger partial charge on any atom is 0.418 e. The summed E-state index contributed by atoms with van der Waals surface area (Å²) in [5.41, 5.74) is -1.09. The van der Waals surface area contributed by atoms with Crippen LogP contribution < -0.4 is 5.32 Å². The summed E-state index contributed by atoms with van der Waals surface area (Å²) in [6, 6.07) is 3.59. The second-order valence-corrected chi connectivity index (χ2v) is 7.81. The Morgan fingerprint density at radius 1 is 1.29 bits per heavy atom. The van der Waals surface area contributed by atoms with E-state index in [9.17, 15) is 18.0 Å². The van der Waals surface area contributed by atoms with Crippen LogP contribution in [-0.2, 0) is 11.6 Å². The molecule has 2 heterocycles. The zero-order valence-electron chi connectivity index (χ0n) is 14.2. The first kappa shape index (κ1) is 20.9. The highest BCUT2D eigenvalue weighted by Gasteiger charge is 2.47. The number of nitrogens with zero attached hydrogens (tertiary/aromatic N) is 2. The summed E-state index contributed by atoms with van der Waals surface area (Å²) in [6.45, 7) is 0.0951. The van der Waals surface area contributed by atoms with E-state index in [2.05, 4.69) is 15.3 Å². The minimum absolute atomic E-state index is 0.0508. The number of pyridine rings is 2. The molecule has 0 atom stereocenters. The molecule has 1 fully saturated rings. The monoisotopic (exact) mass is 449 g/mol. The Balaban J connectivity index is 1.77. The van der Waals surface area contributed by atoms with Crippen LogP contribution in [0.1, 0.15) is 40.2 Å². The van der Waals surface area contributed by atoms with Crippen molar-refractivity contribution in [2.45, 2.75) is 24.4 Å². The van der Waals surface area contributed by atoms with E-state index in [1.807, 2.05) is 0 Å². The van der Waals surface area contributed by atoms with Gasteiger partial charge in [0.05, 0.1) is 16.3 Å². The topological polar surface area (TPSA) is 54.9 Å². The second-order valence-electron chi connectivity index (χ2n) is 6.39. The van der Waals surface area contributed by atoms with Gasteiger partial charge in [-0.05, 0) is 42.7 Å². The van der Waals surface area contributed by atoms with Crippen LogP contribution in [-0.4, -0.2) is 22.4 Å². The van der Waals surface area contributed by atoms with E-state index < -0.39 is 28.8 Å². The van der Waals surface area contributed by atoms with Gasteiger partial charge in [-0.15, -0.1) is 0 Å². The number of carbonyl (C=O) groups excluding carboxylic acids is 1. The van der Waals surface area contributed by atoms with Crippen molar-refractivity contribution in [1.82, 2.24) is 15.3 Å². The number of hydrogen-bond donors (Lipinski definition) is 1. The molecule has 0 bridgehead atoms.